The highest BCUT2D eigenvalue weighted by molar-refractivity contribution is 5.63. The van der Waals surface area contributed by atoms with Crippen LogP contribution in [0.3, 0.4) is 0 Å². The predicted molar refractivity (Wildman–Crippen MR) is 110 cm³/mol. The van der Waals surface area contributed by atoms with Gasteiger partial charge in [0.2, 0.25) is 0 Å². The van der Waals surface area contributed by atoms with Crippen molar-refractivity contribution in [1.82, 2.24) is 15.2 Å². The van der Waals surface area contributed by atoms with E-state index in [2.05, 4.69) is 39.5 Å². The number of nitrogens with one attached hydrogen (secondary N) is 1. The van der Waals surface area contributed by atoms with E-state index in [9.17, 15) is 13.2 Å². The molecule has 3 atom stereocenters. The first-order chi connectivity index (χ1) is 14.5. The van der Waals surface area contributed by atoms with Gasteiger partial charge < -0.3 is 5.32 Å². The quantitative estimate of drug-likeness (QED) is 0.677. The lowest BCUT2D eigenvalue weighted by molar-refractivity contribution is -0.137. The minimum atomic E-state index is -4.30. The Morgan fingerprint density at radius 2 is 1.57 bits per heavy atom. The summed E-state index contributed by atoms with van der Waals surface area (Å²) in [6, 6.07) is 18.9. The number of piperidine rings is 1. The summed E-state index contributed by atoms with van der Waals surface area (Å²) in [5.41, 5.74) is 3.73. The third-order valence-electron chi connectivity index (χ3n) is 6.32. The molecule has 2 aliphatic rings. The van der Waals surface area contributed by atoms with Crippen LogP contribution in [0, 0.1) is 0 Å². The normalized spacial score (nSPS) is 23.8. The van der Waals surface area contributed by atoms with Gasteiger partial charge in [0.25, 0.3) is 0 Å². The highest BCUT2D eigenvalue weighted by Gasteiger charge is 2.51. The van der Waals surface area contributed by atoms with Crippen LogP contribution in [0.2, 0.25) is 0 Å². The maximum absolute atomic E-state index is 13.0. The number of piperazine rings is 1. The number of alkyl halides is 3. The summed E-state index contributed by atoms with van der Waals surface area (Å²) in [4.78, 5) is 6.40. The molecule has 2 aromatic carbocycles. The summed E-state index contributed by atoms with van der Waals surface area (Å²) in [7, 11) is 0. The first-order valence-electron chi connectivity index (χ1n) is 10.1. The molecule has 0 spiro atoms. The molecule has 2 fully saturated rings. The number of nitrogens with zero attached hydrogens (tertiary/aromatic N) is 2. The van der Waals surface area contributed by atoms with Crippen LogP contribution >= 0.6 is 0 Å². The van der Waals surface area contributed by atoms with Gasteiger partial charge in [-0.15, -0.1) is 0 Å². The average molecular weight is 409 g/mol. The van der Waals surface area contributed by atoms with Gasteiger partial charge >= 0.3 is 6.18 Å². The molecule has 0 radical (unpaired) electrons. The van der Waals surface area contributed by atoms with E-state index >= 15 is 0 Å². The van der Waals surface area contributed by atoms with Gasteiger partial charge in [-0.3, -0.25) is 9.88 Å². The molecular formula is C24H22F3N3. The molecule has 1 unspecified atom stereocenters. The van der Waals surface area contributed by atoms with Crippen LogP contribution in [0.1, 0.15) is 22.6 Å². The van der Waals surface area contributed by atoms with Gasteiger partial charge in [0.05, 0.1) is 5.56 Å². The minimum Gasteiger partial charge on any atom is -0.314 e. The van der Waals surface area contributed by atoms with Crippen LogP contribution in [0.4, 0.5) is 13.2 Å². The smallest absolute Gasteiger partial charge is 0.314 e. The van der Waals surface area contributed by atoms with Gasteiger partial charge in [0.15, 0.2) is 0 Å². The fourth-order valence-electron chi connectivity index (χ4n) is 4.86. The van der Waals surface area contributed by atoms with Crippen molar-refractivity contribution in [2.24, 2.45) is 0 Å². The molecule has 1 N–H and O–H groups in total. The minimum absolute atomic E-state index is 0.296. The van der Waals surface area contributed by atoms with Gasteiger partial charge in [-0.25, -0.2) is 0 Å². The van der Waals surface area contributed by atoms with E-state index < -0.39 is 11.7 Å². The Kier molecular flexibility index (Phi) is 4.83. The predicted octanol–water partition coefficient (Wildman–Crippen LogP) is 4.71. The van der Waals surface area contributed by atoms with Crippen molar-refractivity contribution >= 4 is 0 Å². The number of pyridine rings is 1. The monoisotopic (exact) mass is 409 g/mol. The van der Waals surface area contributed by atoms with Crippen LogP contribution in [-0.4, -0.2) is 35.1 Å². The van der Waals surface area contributed by atoms with Crippen molar-refractivity contribution in [1.29, 1.82) is 0 Å². The zero-order valence-electron chi connectivity index (χ0n) is 16.3. The van der Waals surface area contributed by atoms with E-state index in [4.69, 9.17) is 0 Å². The maximum atomic E-state index is 13.0. The van der Waals surface area contributed by atoms with E-state index in [1.165, 1.54) is 17.7 Å². The number of hydrogen-bond acceptors (Lipinski definition) is 3. The molecule has 154 valence electrons. The van der Waals surface area contributed by atoms with Crippen molar-refractivity contribution in [2.75, 3.05) is 13.1 Å². The van der Waals surface area contributed by atoms with Crippen molar-refractivity contribution in [3.8, 4) is 11.1 Å². The lowest BCUT2D eigenvalue weighted by Crippen LogP contribution is -2.72. The fraction of sp³-hybridized carbons (Fsp3) is 0.292. The van der Waals surface area contributed by atoms with Gasteiger partial charge in [-0.2, -0.15) is 13.2 Å². The van der Waals surface area contributed by atoms with Crippen LogP contribution in [0.25, 0.3) is 11.1 Å². The SMILES string of the molecule is FC(F)(F)c1cccc(CN2[C@@H]3CNC[C@H]2C3c2ccc(-c3ccncc3)cc2)c1. The molecule has 3 heterocycles. The van der Waals surface area contributed by atoms with Gasteiger partial charge in [-0.05, 0) is 40.5 Å². The number of benzene rings is 2. The Morgan fingerprint density at radius 1 is 0.900 bits per heavy atom. The summed E-state index contributed by atoms with van der Waals surface area (Å²) in [6.45, 7) is 2.25. The number of hydrogen-bond donors (Lipinski definition) is 1. The lowest BCUT2D eigenvalue weighted by Gasteiger charge is -2.59. The Balaban J connectivity index is 1.33. The molecule has 30 heavy (non-hydrogen) atoms. The molecule has 3 aromatic rings. The zero-order valence-corrected chi connectivity index (χ0v) is 16.3. The van der Waals surface area contributed by atoms with Crippen molar-refractivity contribution in [2.45, 2.75) is 30.7 Å². The molecule has 0 aliphatic carbocycles. The third kappa shape index (κ3) is 3.50. The molecule has 1 aromatic heterocycles. The maximum Gasteiger partial charge on any atom is 0.416 e. The van der Waals surface area contributed by atoms with E-state index in [0.29, 0.717) is 30.1 Å². The van der Waals surface area contributed by atoms with E-state index in [1.54, 1.807) is 18.5 Å². The van der Waals surface area contributed by atoms with Crippen LogP contribution < -0.4 is 5.32 Å². The summed E-state index contributed by atoms with van der Waals surface area (Å²) >= 11 is 0. The molecule has 6 heteroatoms. The highest BCUT2D eigenvalue weighted by atomic mass is 19.4. The Morgan fingerprint density at radius 3 is 2.23 bits per heavy atom. The van der Waals surface area contributed by atoms with Gasteiger partial charge in [-0.1, -0.05) is 42.5 Å². The van der Waals surface area contributed by atoms with Crippen molar-refractivity contribution in [3.05, 3.63) is 89.7 Å². The second-order valence-electron chi connectivity index (χ2n) is 8.05. The van der Waals surface area contributed by atoms with Crippen molar-refractivity contribution in [3.63, 3.8) is 0 Å². The Labute approximate surface area is 173 Å². The fourth-order valence-corrected chi connectivity index (χ4v) is 4.86. The number of fused-ring (bicyclic) bond motifs is 2. The number of rotatable bonds is 4. The van der Waals surface area contributed by atoms with Crippen LogP contribution in [0.15, 0.2) is 73.1 Å². The molecule has 5 rings (SSSR count). The second-order valence-corrected chi connectivity index (χ2v) is 8.05. The summed E-state index contributed by atoms with van der Waals surface area (Å²) in [5.74, 6) is 0.406. The Bertz CT molecular complexity index is 1010. The molecule has 2 aliphatic heterocycles. The summed E-state index contributed by atoms with van der Waals surface area (Å²) in [6.07, 6.45) is -0.727. The number of halogens is 3. The summed E-state index contributed by atoms with van der Waals surface area (Å²) in [5, 5.41) is 3.44. The average Bonchev–Trinajstić information content (AvgIpc) is 2.78. The molecule has 0 saturated carbocycles. The molecule has 2 bridgehead atoms. The lowest BCUT2D eigenvalue weighted by atomic mass is 9.72. The summed E-state index contributed by atoms with van der Waals surface area (Å²) < 4.78 is 39.1. The van der Waals surface area contributed by atoms with Crippen LogP contribution in [-0.2, 0) is 12.7 Å². The van der Waals surface area contributed by atoms with Gasteiger partial charge in [0, 0.05) is 50.0 Å². The van der Waals surface area contributed by atoms with E-state index in [-0.39, 0.29) is 0 Å². The second kappa shape index (κ2) is 7.52. The zero-order chi connectivity index (χ0) is 20.7. The topological polar surface area (TPSA) is 28.2 Å². The molecule has 0 amide bonds. The first kappa shape index (κ1) is 19.3. The molecule has 3 nitrogen and oxygen atoms in total. The van der Waals surface area contributed by atoms with E-state index in [0.717, 1.165) is 30.3 Å². The van der Waals surface area contributed by atoms with Crippen LogP contribution in [0.5, 0.6) is 0 Å². The van der Waals surface area contributed by atoms with Gasteiger partial charge in [0.1, 0.15) is 0 Å². The van der Waals surface area contributed by atoms with E-state index in [1.807, 2.05) is 12.1 Å². The molecular weight excluding hydrogens is 387 g/mol. The standard InChI is InChI=1S/C24H22F3N3/c25-24(26,27)20-3-1-2-16(12-20)15-30-21-13-29-14-22(30)23(21)19-6-4-17(5-7-19)18-8-10-28-11-9-18/h1-12,21-23,29H,13-15H2/t21-,22+,23?. The highest BCUT2D eigenvalue weighted by Crippen LogP contribution is 2.44. The third-order valence-corrected chi connectivity index (χ3v) is 6.32. The number of aromatic nitrogens is 1. The van der Waals surface area contributed by atoms with Crippen molar-refractivity contribution < 1.29 is 13.2 Å². The Hall–Kier alpha value is -2.70. The largest absolute Gasteiger partial charge is 0.416 e. The molecule has 2 saturated heterocycles. The first-order valence-corrected chi connectivity index (χ1v) is 10.1.